The highest BCUT2D eigenvalue weighted by Crippen LogP contribution is 2.12. The van der Waals surface area contributed by atoms with E-state index in [1.54, 1.807) is 6.07 Å². The number of amides is 2. The lowest BCUT2D eigenvalue weighted by Gasteiger charge is -2.09. The fourth-order valence-corrected chi connectivity index (χ4v) is 1.95. The molecule has 0 spiro atoms. The highest BCUT2D eigenvalue weighted by atomic mass is 19.1. The molecule has 4 N–H and O–H groups in total. The third-order valence-corrected chi connectivity index (χ3v) is 3.24. The minimum Gasteiger partial charge on any atom is -0.468 e. The van der Waals surface area contributed by atoms with Crippen LogP contribution in [0.5, 0.6) is 0 Å². The Bertz CT molecular complexity index is 580. The maximum absolute atomic E-state index is 13.4. The van der Waals surface area contributed by atoms with Crippen LogP contribution < -0.4 is 16.4 Å². The van der Waals surface area contributed by atoms with E-state index in [0.717, 1.165) is 0 Å². The van der Waals surface area contributed by atoms with E-state index >= 15 is 0 Å². The van der Waals surface area contributed by atoms with Crippen molar-refractivity contribution in [3.63, 3.8) is 0 Å². The number of unbranched alkanes of at least 4 members (excludes halogenated alkanes) is 1. The van der Waals surface area contributed by atoms with E-state index in [9.17, 15) is 18.8 Å². The molecule has 0 radical (unpaired) electrons. The second-order valence-electron chi connectivity index (χ2n) is 5.18. The van der Waals surface area contributed by atoms with Gasteiger partial charge in [-0.15, -0.1) is 0 Å². The van der Waals surface area contributed by atoms with Gasteiger partial charge >= 0.3 is 5.97 Å². The lowest BCUT2D eigenvalue weighted by Crippen LogP contribution is -2.32. The van der Waals surface area contributed by atoms with Crippen molar-refractivity contribution < 1.29 is 23.5 Å². The van der Waals surface area contributed by atoms with Gasteiger partial charge in [0.15, 0.2) is 0 Å². The molecular formula is C16H22FN3O4. The molecular weight excluding hydrogens is 317 g/mol. The zero-order valence-electron chi connectivity index (χ0n) is 13.5. The molecule has 0 aliphatic heterocycles. The summed E-state index contributed by atoms with van der Waals surface area (Å²) in [6.07, 6.45) is 1.32. The van der Waals surface area contributed by atoms with Gasteiger partial charge in [-0.3, -0.25) is 14.4 Å². The molecule has 24 heavy (non-hydrogen) atoms. The molecule has 0 saturated carbocycles. The van der Waals surface area contributed by atoms with Crippen LogP contribution in [-0.4, -0.2) is 37.5 Å². The number of esters is 1. The number of hydrogen-bond acceptors (Lipinski definition) is 5. The number of benzene rings is 1. The van der Waals surface area contributed by atoms with Crippen LogP contribution in [-0.2, 0) is 19.1 Å². The summed E-state index contributed by atoms with van der Waals surface area (Å²) in [5, 5.41) is 4.91. The zero-order chi connectivity index (χ0) is 17.9. The maximum atomic E-state index is 13.4. The second-order valence-corrected chi connectivity index (χ2v) is 5.18. The first-order valence-electron chi connectivity index (χ1n) is 7.58. The largest absolute Gasteiger partial charge is 0.468 e. The molecule has 1 rings (SSSR count). The Kier molecular flexibility index (Phi) is 8.42. The molecule has 0 bridgehead atoms. The molecule has 132 valence electrons. The molecule has 2 amide bonds. The van der Waals surface area contributed by atoms with Crippen LogP contribution in [0.3, 0.4) is 0 Å². The van der Waals surface area contributed by atoms with Gasteiger partial charge in [0, 0.05) is 6.54 Å². The third kappa shape index (κ3) is 7.19. The first-order chi connectivity index (χ1) is 11.4. The smallest absolute Gasteiger partial charge is 0.322 e. The summed E-state index contributed by atoms with van der Waals surface area (Å²) in [4.78, 5) is 34.4. The van der Waals surface area contributed by atoms with Crippen LogP contribution in [0.15, 0.2) is 24.3 Å². The summed E-state index contributed by atoms with van der Waals surface area (Å²) in [6, 6.07) is 5.05. The first kappa shape index (κ1) is 19.6. The van der Waals surface area contributed by atoms with E-state index in [1.165, 1.54) is 25.3 Å². The van der Waals surface area contributed by atoms with Crippen molar-refractivity contribution in [2.75, 3.05) is 19.0 Å². The molecule has 1 aromatic carbocycles. The van der Waals surface area contributed by atoms with Crippen LogP contribution >= 0.6 is 0 Å². The quantitative estimate of drug-likeness (QED) is 0.352. The molecule has 0 aliphatic rings. The van der Waals surface area contributed by atoms with Gasteiger partial charge in [0.1, 0.15) is 18.3 Å². The summed E-state index contributed by atoms with van der Waals surface area (Å²) in [5.74, 6) is -2.08. The Morgan fingerprint density at radius 2 is 1.92 bits per heavy atom. The molecule has 8 heteroatoms. The van der Waals surface area contributed by atoms with E-state index in [1.807, 2.05) is 0 Å². The van der Waals surface area contributed by atoms with Crippen molar-refractivity contribution in [1.82, 2.24) is 5.32 Å². The van der Waals surface area contributed by atoms with Gasteiger partial charge in [0.2, 0.25) is 11.8 Å². The first-order valence-corrected chi connectivity index (χ1v) is 7.58. The van der Waals surface area contributed by atoms with Crippen molar-refractivity contribution >= 4 is 23.5 Å². The van der Waals surface area contributed by atoms with E-state index in [4.69, 9.17) is 5.73 Å². The second kappa shape index (κ2) is 10.3. The molecule has 1 aromatic rings. The van der Waals surface area contributed by atoms with Gasteiger partial charge in [0.25, 0.3) is 0 Å². The highest BCUT2D eigenvalue weighted by molar-refractivity contribution is 6.03. The summed E-state index contributed by atoms with van der Waals surface area (Å²) in [7, 11) is 1.27. The van der Waals surface area contributed by atoms with Crippen molar-refractivity contribution in [3.8, 4) is 0 Å². The lowest BCUT2D eigenvalue weighted by atomic mass is 10.1. The molecule has 0 saturated heterocycles. The number of halogens is 1. The Morgan fingerprint density at radius 1 is 1.21 bits per heavy atom. The van der Waals surface area contributed by atoms with Gasteiger partial charge in [-0.05, 0) is 31.4 Å². The SMILES string of the molecule is COC(=O)[C@@H](N)CCCCNC(=O)CC(=O)Nc1ccccc1F. The Morgan fingerprint density at radius 3 is 2.58 bits per heavy atom. The van der Waals surface area contributed by atoms with E-state index in [2.05, 4.69) is 15.4 Å². The topological polar surface area (TPSA) is 111 Å². The van der Waals surface area contributed by atoms with Crippen molar-refractivity contribution in [3.05, 3.63) is 30.1 Å². The number of methoxy groups -OCH3 is 1. The van der Waals surface area contributed by atoms with Crippen LogP contribution in [0, 0.1) is 5.82 Å². The predicted octanol–water partition coefficient (Wildman–Crippen LogP) is 0.941. The number of nitrogens with two attached hydrogens (primary N) is 1. The number of carbonyl (C=O) groups excluding carboxylic acids is 3. The maximum Gasteiger partial charge on any atom is 0.322 e. The minimum atomic E-state index is -0.669. The molecule has 0 aromatic heterocycles. The van der Waals surface area contributed by atoms with Crippen LogP contribution in [0.4, 0.5) is 10.1 Å². The minimum absolute atomic E-state index is 0.0343. The standard InChI is InChI=1S/C16H22FN3O4/c1-24-16(23)12(18)7-4-5-9-19-14(21)10-15(22)20-13-8-3-2-6-11(13)17/h2-3,6,8,12H,4-5,7,9-10,18H2,1H3,(H,19,21)(H,20,22)/t12-/m0/s1. The van der Waals surface area contributed by atoms with Gasteiger partial charge in [-0.2, -0.15) is 0 Å². The fraction of sp³-hybridized carbons (Fsp3) is 0.438. The predicted molar refractivity (Wildman–Crippen MR) is 86.5 cm³/mol. The number of ether oxygens (including phenoxy) is 1. The number of hydrogen-bond donors (Lipinski definition) is 3. The van der Waals surface area contributed by atoms with Crippen molar-refractivity contribution in [2.24, 2.45) is 5.73 Å². The van der Waals surface area contributed by atoms with Crippen molar-refractivity contribution in [1.29, 1.82) is 0 Å². The fourth-order valence-electron chi connectivity index (χ4n) is 1.95. The van der Waals surface area contributed by atoms with Crippen LogP contribution in [0.2, 0.25) is 0 Å². The van der Waals surface area contributed by atoms with Crippen LogP contribution in [0.25, 0.3) is 0 Å². The molecule has 1 atom stereocenters. The molecule has 7 nitrogen and oxygen atoms in total. The monoisotopic (exact) mass is 339 g/mol. The average molecular weight is 339 g/mol. The van der Waals surface area contributed by atoms with E-state index < -0.39 is 36.1 Å². The third-order valence-electron chi connectivity index (χ3n) is 3.24. The Labute approximate surface area is 139 Å². The van der Waals surface area contributed by atoms with Gasteiger partial charge in [0.05, 0.1) is 12.8 Å². The van der Waals surface area contributed by atoms with Gasteiger partial charge in [-0.1, -0.05) is 12.1 Å². The van der Waals surface area contributed by atoms with E-state index in [-0.39, 0.29) is 5.69 Å². The molecule has 0 fully saturated rings. The molecule has 0 heterocycles. The number of para-hydroxylation sites is 1. The zero-order valence-corrected chi connectivity index (χ0v) is 13.5. The van der Waals surface area contributed by atoms with Crippen molar-refractivity contribution in [2.45, 2.75) is 31.7 Å². The average Bonchev–Trinajstić information content (AvgIpc) is 2.55. The number of nitrogens with one attached hydrogen (secondary N) is 2. The molecule has 0 unspecified atom stereocenters. The highest BCUT2D eigenvalue weighted by Gasteiger charge is 2.13. The summed E-state index contributed by atoms with van der Waals surface area (Å²) in [6.45, 7) is 0.361. The van der Waals surface area contributed by atoms with Crippen LogP contribution in [0.1, 0.15) is 25.7 Å². The number of rotatable bonds is 9. The number of anilines is 1. The Hall–Kier alpha value is -2.48. The summed E-state index contributed by atoms with van der Waals surface area (Å²) < 4.78 is 17.9. The lowest BCUT2D eigenvalue weighted by molar-refractivity contribution is -0.142. The van der Waals surface area contributed by atoms with Gasteiger partial charge < -0.3 is 21.1 Å². The summed E-state index contributed by atoms with van der Waals surface area (Å²) in [5.41, 5.74) is 5.61. The molecule has 0 aliphatic carbocycles. The number of carbonyl (C=O) groups is 3. The van der Waals surface area contributed by atoms with E-state index in [0.29, 0.717) is 25.8 Å². The van der Waals surface area contributed by atoms with Gasteiger partial charge in [-0.25, -0.2) is 4.39 Å². The summed E-state index contributed by atoms with van der Waals surface area (Å²) >= 11 is 0. The Balaban J connectivity index is 2.19. The normalized spacial score (nSPS) is 11.5.